The number of hydrogen-bond acceptors (Lipinski definition) is 0. The van der Waals surface area contributed by atoms with Crippen molar-refractivity contribution >= 4 is 0 Å². The molecule has 0 heteroatoms. The third-order valence-electron chi connectivity index (χ3n) is 2.90. The van der Waals surface area contributed by atoms with Gasteiger partial charge in [-0.25, -0.2) is 0 Å². The predicted octanol–water partition coefficient (Wildman–Crippen LogP) is 5.04. The first kappa shape index (κ1) is 12.3. The number of rotatable bonds is 0. The molecule has 0 saturated heterocycles. The minimum Gasteiger partial charge on any atom is -0.0874 e. The molecule has 84 valence electrons. The van der Waals surface area contributed by atoms with Crippen molar-refractivity contribution in [2.24, 2.45) is 5.41 Å². The Bertz CT molecular complexity index is 287. The number of hydrogen-bond donors (Lipinski definition) is 0. The molecule has 1 rings (SSSR count). The maximum atomic E-state index is 2.40. The first-order chi connectivity index (χ1) is 6.99. The average molecular weight is 204 g/mol. The molecule has 0 spiro atoms. The molecule has 0 saturated carbocycles. The lowest BCUT2D eigenvalue weighted by atomic mass is 9.89. The van der Waals surface area contributed by atoms with Crippen molar-refractivity contribution in [3.63, 3.8) is 0 Å². The molecule has 0 atom stereocenters. The van der Waals surface area contributed by atoms with Gasteiger partial charge in [0.25, 0.3) is 0 Å². The fraction of sp³-hybridized carbons (Fsp3) is 0.600. The van der Waals surface area contributed by atoms with E-state index in [0.29, 0.717) is 0 Å². The Labute approximate surface area is 94.8 Å². The van der Waals surface area contributed by atoms with E-state index >= 15 is 0 Å². The lowest BCUT2D eigenvalue weighted by Crippen LogP contribution is -2.03. The minimum absolute atomic E-state index is 0.225. The van der Waals surface area contributed by atoms with Gasteiger partial charge in [-0.05, 0) is 39.5 Å². The van der Waals surface area contributed by atoms with E-state index in [1.165, 1.54) is 36.8 Å². The van der Waals surface area contributed by atoms with E-state index in [1.54, 1.807) is 0 Å². The van der Waals surface area contributed by atoms with Gasteiger partial charge >= 0.3 is 0 Å². The van der Waals surface area contributed by atoms with Crippen molar-refractivity contribution in [2.75, 3.05) is 0 Å². The Morgan fingerprint density at radius 1 is 1.00 bits per heavy atom. The maximum Gasteiger partial charge on any atom is 0.000697 e. The molecule has 0 aliphatic heterocycles. The van der Waals surface area contributed by atoms with E-state index < -0.39 is 0 Å². The first-order valence-electron chi connectivity index (χ1n) is 6.01. The third-order valence-corrected chi connectivity index (χ3v) is 2.90. The molecule has 0 amide bonds. The highest BCUT2D eigenvalue weighted by atomic mass is 14.1. The maximum absolute atomic E-state index is 2.40. The van der Waals surface area contributed by atoms with Crippen LogP contribution in [0.4, 0.5) is 0 Å². The summed E-state index contributed by atoms with van der Waals surface area (Å²) < 4.78 is 0. The van der Waals surface area contributed by atoms with Gasteiger partial charge in [-0.3, -0.25) is 0 Å². The van der Waals surface area contributed by atoms with Crippen LogP contribution in [0, 0.1) is 5.41 Å². The molecule has 0 bridgehead atoms. The van der Waals surface area contributed by atoms with Crippen LogP contribution in [0.25, 0.3) is 0 Å². The lowest BCUT2D eigenvalue weighted by molar-refractivity contribution is 0.614. The van der Waals surface area contributed by atoms with Crippen LogP contribution in [0.2, 0.25) is 0 Å². The van der Waals surface area contributed by atoms with Crippen LogP contribution in [-0.4, -0.2) is 0 Å². The third kappa shape index (κ3) is 5.01. The monoisotopic (exact) mass is 204 g/mol. The molecular weight excluding hydrogens is 180 g/mol. The van der Waals surface area contributed by atoms with Crippen molar-refractivity contribution in [3.8, 4) is 0 Å². The van der Waals surface area contributed by atoms with Gasteiger partial charge in [0.15, 0.2) is 0 Å². The Morgan fingerprint density at radius 3 is 2.40 bits per heavy atom. The second-order valence-electron chi connectivity index (χ2n) is 5.34. The molecule has 1 aliphatic carbocycles. The van der Waals surface area contributed by atoms with E-state index in [4.69, 9.17) is 0 Å². The molecular formula is C15H24. The van der Waals surface area contributed by atoms with Gasteiger partial charge < -0.3 is 0 Å². The van der Waals surface area contributed by atoms with Gasteiger partial charge in [0.1, 0.15) is 0 Å². The standard InChI is InChI=1S/C15H24/c1-13-8-5-6-11-15(3,4)12-14(2)10-7-9-13/h6,9,11-12H,5,7-8,10H2,1-4H3. The fourth-order valence-corrected chi connectivity index (χ4v) is 2.10. The van der Waals surface area contributed by atoms with Crippen LogP contribution in [0.1, 0.15) is 53.4 Å². The van der Waals surface area contributed by atoms with Gasteiger partial charge in [-0.2, -0.15) is 0 Å². The van der Waals surface area contributed by atoms with Gasteiger partial charge in [0.05, 0.1) is 0 Å². The van der Waals surface area contributed by atoms with Gasteiger partial charge in [-0.15, -0.1) is 0 Å². The Balaban J connectivity index is 2.80. The lowest BCUT2D eigenvalue weighted by Gasteiger charge is -2.16. The smallest absolute Gasteiger partial charge is 0.000697 e. The highest BCUT2D eigenvalue weighted by Crippen LogP contribution is 2.24. The largest absolute Gasteiger partial charge is 0.0874 e. The summed E-state index contributed by atoms with van der Waals surface area (Å²) in [5.74, 6) is 0. The van der Waals surface area contributed by atoms with E-state index in [1.807, 2.05) is 0 Å². The van der Waals surface area contributed by atoms with Crippen molar-refractivity contribution in [3.05, 3.63) is 35.5 Å². The van der Waals surface area contributed by atoms with E-state index in [2.05, 4.69) is 52.0 Å². The second-order valence-corrected chi connectivity index (χ2v) is 5.34. The molecule has 0 unspecified atom stereocenters. The predicted molar refractivity (Wildman–Crippen MR) is 68.9 cm³/mol. The number of allylic oxidation sites excluding steroid dienone is 6. The zero-order valence-electron chi connectivity index (χ0n) is 10.6. The average Bonchev–Trinajstić information content (AvgIpc) is 2.12. The zero-order chi connectivity index (χ0) is 11.3. The highest BCUT2D eigenvalue weighted by molar-refractivity contribution is 5.15. The molecule has 15 heavy (non-hydrogen) atoms. The molecule has 0 radical (unpaired) electrons. The van der Waals surface area contributed by atoms with Crippen LogP contribution in [-0.2, 0) is 0 Å². The normalized spacial score (nSPS) is 22.7. The Kier molecular flexibility index (Phi) is 4.38. The summed E-state index contributed by atoms with van der Waals surface area (Å²) in [5.41, 5.74) is 3.27. The summed E-state index contributed by atoms with van der Waals surface area (Å²) in [4.78, 5) is 0. The fourth-order valence-electron chi connectivity index (χ4n) is 2.10. The van der Waals surface area contributed by atoms with E-state index in [-0.39, 0.29) is 5.41 Å². The summed E-state index contributed by atoms with van der Waals surface area (Å²) in [5, 5.41) is 0. The van der Waals surface area contributed by atoms with E-state index in [0.717, 1.165) is 0 Å². The van der Waals surface area contributed by atoms with Crippen molar-refractivity contribution < 1.29 is 0 Å². The van der Waals surface area contributed by atoms with Crippen molar-refractivity contribution in [1.82, 2.24) is 0 Å². The second kappa shape index (κ2) is 5.34. The molecule has 0 nitrogen and oxygen atoms in total. The van der Waals surface area contributed by atoms with Crippen molar-refractivity contribution in [2.45, 2.75) is 53.4 Å². The zero-order valence-corrected chi connectivity index (χ0v) is 10.6. The van der Waals surface area contributed by atoms with Crippen LogP contribution in [0.3, 0.4) is 0 Å². The summed E-state index contributed by atoms with van der Waals surface area (Å²) in [6.07, 6.45) is 14.3. The molecule has 0 aromatic carbocycles. The Morgan fingerprint density at radius 2 is 1.67 bits per heavy atom. The molecule has 1 aliphatic rings. The van der Waals surface area contributed by atoms with Gasteiger partial charge in [0.2, 0.25) is 0 Å². The van der Waals surface area contributed by atoms with Gasteiger partial charge in [-0.1, -0.05) is 49.3 Å². The molecule has 0 aromatic rings. The quantitative estimate of drug-likeness (QED) is 0.485. The molecule has 0 aromatic heterocycles. The highest BCUT2D eigenvalue weighted by Gasteiger charge is 2.10. The van der Waals surface area contributed by atoms with Gasteiger partial charge in [0, 0.05) is 5.41 Å². The summed E-state index contributed by atoms with van der Waals surface area (Å²) in [6, 6.07) is 0. The molecule has 0 fully saturated rings. The summed E-state index contributed by atoms with van der Waals surface area (Å²) >= 11 is 0. The first-order valence-corrected chi connectivity index (χ1v) is 6.01. The van der Waals surface area contributed by atoms with Crippen LogP contribution < -0.4 is 0 Å². The van der Waals surface area contributed by atoms with Crippen LogP contribution in [0.15, 0.2) is 35.5 Å². The summed E-state index contributed by atoms with van der Waals surface area (Å²) in [6.45, 7) is 9.06. The van der Waals surface area contributed by atoms with Crippen molar-refractivity contribution in [1.29, 1.82) is 0 Å². The van der Waals surface area contributed by atoms with Crippen LogP contribution in [0.5, 0.6) is 0 Å². The molecule has 0 heterocycles. The Hall–Kier alpha value is -0.780. The minimum atomic E-state index is 0.225. The summed E-state index contributed by atoms with van der Waals surface area (Å²) in [7, 11) is 0. The SMILES string of the molecule is CC1=CCCC(C)=CC(C)(C)C=CCC1. The van der Waals surface area contributed by atoms with Crippen LogP contribution >= 0.6 is 0 Å². The topological polar surface area (TPSA) is 0 Å². The molecule has 0 N–H and O–H groups in total. The van der Waals surface area contributed by atoms with E-state index in [9.17, 15) is 0 Å².